The van der Waals surface area contributed by atoms with Crippen LogP contribution in [-0.4, -0.2) is 8.11 Å². The Morgan fingerprint density at radius 3 is 1.72 bits per heavy atom. The van der Waals surface area contributed by atoms with Gasteiger partial charge < -0.3 is 0 Å². The lowest BCUT2D eigenvalue weighted by Crippen LogP contribution is -2.18. The predicted octanol–water partition coefficient (Wildman–Crippen LogP) is 4.73. The van der Waals surface area contributed by atoms with Gasteiger partial charge in [0.05, 0.1) is 0 Å². The van der Waals surface area contributed by atoms with Crippen LogP contribution in [0.3, 0.4) is 0 Å². The van der Waals surface area contributed by atoms with Gasteiger partial charge in [-0.1, -0.05) is 74.0 Å². The molecule has 0 aliphatic carbocycles. The van der Waals surface area contributed by atoms with E-state index in [-0.39, 0.29) is 0 Å². The SMILES string of the molecule is CCC[SiH](Cl)C(c1ccccc1)c1ccccc1. The zero-order chi connectivity index (χ0) is 12.8. The molecule has 18 heavy (non-hydrogen) atoms. The topological polar surface area (TPSA) is 0 Å². The maximum Gasteiger partial charge on any atom is 0.152 e. The van der Waals surface area contributed by atoms with Crippen molar-refractivity contribution in [2.75, 3.05) is 0 Å². The highest BCUT2D eigenvalue weighted by molar-refractivity contribution is 7.07. The van der Waals surface area contributed by atoms with E-state index in [1.54, 1.807) is 0 Å². The third-order valence-corrected chi connectivity index (χ3v) is 7.28. The Morgan fingerprint density at radius 2 is 1.33 bits per heavy atom. The molecule has 2 rings (SSSR count). The minimum atomic E-state index is -1.30. The number of halogens is 1. The first-order valence-corrected chi connectivity index (χ1v) is 9.79. The van der Waals surface area contributed by atoms with Crippen LogP contribution in [0.5, 0.6) is 0 Å². The lowest BCUT2D eigenvalue weighted by Gasteiger charge is -2.21. The molecule has 1 atom stereocenters. The van der Waals surface area contributed by atoms with Gasteiger partial charge >= 0.3 is 0 Å². The molecule has 0 fully saturated rings. The van der Waals surface area contributed by atoms with E-state index in [9.17, 15) is 0 Å². The van der Waals surface area contributed by atoms with Crippen molar-refractivity contribution >= 4 is 19.2 Å². The molecule has 2 heteroatoms. The fourth-order valence-corrected chi connectivity index (χ4v) is 6.07. The van der Waals surface area contributed by atoms with Crippen molar-refractivity contribution in [3.63, 3.8) is 0 Å². The van der Waals surface area contributed by atoms with Gasteiger partial charge in [0.15, 0.2) is 8.11 Å². The van der Waals surface area contributed by atoms with Gasteiger partial charge in [-0.25, -0.2) is 0 Å². The summed E-state index contributed by atoms with van der Waals surface area (Å²) in [7, 11) is -1.30. The molecule has 0 bridgehead atoms. The molecular weight excluding hydrogens is 256 g/mol. The molecule has 0 aliphatic rings. The zero-order valence-corrected chi connectivity index (χ0v) is 12.6. The Balaban J connectivity index is 2.35. The summed E-state index contributed by atoms with van der Waals surface area (Å²) < 4.78 is 0. The van der Waals surface area contributed by atoms with Gasteiger partial charge in [-0.2, -0.15) is 11.1 Å². The van der Waals surface area contributed by atoms with E-state index in [0.29, 0.717) is 5.54 Å². The average molecular weight is 275 g/mol. The second-order valence-corrected chi connectivity index (χ2v) is 8.56. The second kappa shape index (κ2) is 6.77. The van der Waals surface area contributed by atoms with E-state index in [1.165, 1.54) is 23.6 Å². The average Bonchev–Trinajstić information content (AvgIpc) is 2.42. The Hall–Kier alpha value is -1.05. The van der Waals surface area contributed by atoms with Crippen LogP contribution in [0.2, 0.25) is 6.04 Å². The molecule has 0 spiro atoms. The largest absolute Gasteiger partial charge is 0.171 e. The van der Waals surface area contributed by atoms with E-state index in [4.69, 9.17) is 11.1 Å². The smallest absolute Gasteiger partial charge is 0.152 e. The minimum Gasteiger partial charge on any atom is -0.171 e. The first-order valence-electron chi connectivity index (χ1n) is 6.57. The molecule has 0 aromatic heterocycles. The lowest BCUT2D eigenvalue weighted by molar-refractivity contribution is 1.02. The van der Waals surface area contributed by atoms with Crippen LogP contribution in [0.25, 0.3) is 0 Å². The van der Waals surface area contributed by atoms with Crippen LogP contribution in [-0.2, 0) is 0 Å². The molecule has 0 aliphatic heterocycles. The Morgan fingerprint density at radius 1 is 0.889 bits per heavy atom. The van der Waals surface area contributed by atoms with Crippen LogP contribution in [0.15, 0.2) is 60.7 Å². The van der Waals surface area contributed by atoms with E-state index >= 15 is 0 Å². The van der Waals surface area contributed by atoms with Gasteiger partial charge in [-0.3, -0.25) is 0 Å². The molecule has 0 nitrogen and oxygen atoms in total. The number of hydrogen-bond acceptors (Lipinski definition) is 0. The molecule has 0 saturated carbocycles. The van der Waals surface area contributed by atoms with Gasteiger partial charge in [-0.05, 0) is 17.2 Å². The quantitative estimate of drug-likeness (QED) is 0.546. The number of rotatable bonds is 5. The molecule has 2 aromatic rings. The van der Waals surface area contributed by atoms with Crippen molar-refractivity contribution in [2.45, 2.75) is 24.9 Å². The Labute approximate surface area is 116 Å². The monoisotopic (exact) mass is 274 g/mol. The molecular formula is C16H19ClSi. The van der Waals surface area contributed by atoms with Gasteiger partial charge in [0.2, 0.25) is 0 Å². The zero-order valence-electron chi connectivity index (χ0n) is 10.7. The Bertz CT molecular complexity index is 416. The van der Waals surface area contributed by atoms with E-state index in [2.05, 4.69) is 67.6 Å². The van der Waals surface area contributed by atoms with E-state index in [1.807, 2.05) is 0 Å². The van der Waals surface area contributed by atoms with E-state index in [0.717, 1.165) is 0 Å². The molecule has 0 amide bonds. The van der Waals surface area contributed by atoms with Crippen LogP contribution in [0, 0.1) is 0 Å². The predicted molar refractivity (Wildman–Crippen MR) is 82.8 cm³/mol. The maximum atomic E-state index is 6.75. The number of benzene rings is 2. The number of hydrogen-bond donors (Lipinski definition) is 0. The first kappa shape index (κ1) is 13.4. The molecule has 0 radical (unpaired) electrons. The third-order valence-electron chi connectivity index (χ3n) is 3.24. The summed E-state index contributed by atoms with van der Waals surface area (Å²) in [6.45, 7) is 2.22. The summed E-state index contributed by atoms with van der Waals surface area (Å²) in [5.74, 6) is 0. The van der Waals surface area contributed by atoms with Crippen molar-refractivity contribution in [1.29, 1.82) is 0 Å². The molecule has 0 N–H and O–H groups in total. The highest BCUT2D eigenvalue weighted by Gasteiger charge is 2.23. The van der Waals surface area contributed by atoms with Crippen LogP contribution >= 0.6 is 11.1 Å². The molecule has 94 valence electrons. The molecule has 0 heterocycles. The summed E-state index contributed by atoms with van der Waals surface area (Å²) in [5, 5.41) is 0. The van der Waals surface area contributed by atoms with Crippen LogP contribution in [0.4, 0.5) is 0 Å². The summed E-state index contributed by atoms with van der Waals surface area (Å²) in [6.07, 6.45) is 1.18. The van der Waals surface area contributed by atoms with Gasteiger partial charge in [0, 0.05) is 5.54 Å². The summed E-state index contributed by atoms with van der Waals surface area (Å²) in [5.41, 5.74) is 3.15. The highest BCUT2D eigenvalue weighted by Crippen LogP contribution is 2.31. The van der Waals surface area contributed by atoms with Crippen molar-refractivity contribution in [2.24, 2.45) is 0 Å². The summed E-state index contributed by atoms with van der Waals surface area (Å²) in [6, 6.07) is 22.5. The summed E-state index contributed by atoms with van der Waals surface area (Å²) >= 11 is 6.75. The van der Waals surface area contributed by atoms with Crippen molar-refractivity contribution in [1.82, 2.24) is 0 Å². The third kappa shape index (κ3) is 3.24. The van der Waals surface area contributed by atoms with E-state index < -0.39 is 8.11 Å². The normalized spacial score (nSPS) is 12.6. The Kier molecular flexibility index (Phi) is 5.03. The maximum absolute atomic E-state index is 6.75. The minimum absolute atomic E-state index is 0.425. The molecule has 2 aromatic carbocycles. The summed E-state index contributed by atoms with van der Waals surface area (Å²) in [4.78, 5) is 0. The van der Waals surface area contributed by atoms with Gasteiger partial charge in [-0.15, -0.1) is 0 Å². The fourth-order valence-electron chi connectivity index (χ4n) is 2.37. The van der Waals surface area contributed by atoms with Crippen LogP contribution < -0.4 is 0 Å². The highest BCUT2D eigenvalue weighted by atomic mass is 35.6. The van der Waals surface area contributed by atoms with Crippen molar-refractivity contribution < 1.29 is 0 Å². The first-order chi connectivity index (χ1) is 8.83. The van der Waals surface area contributed by atoms with Crippen molar-refractivity contribution in [3.8, 4) is 0 Å². The van der Waals surface area contributed by atoms with Crippen molar-refractivity contribution in [3.05, 3.63) is 71.8 Å². The fraction of sp³-hybridized carbons (Fsp3) is 0.250. The lowest BCUT2D eigenvalue weighted by atomic mass is 10.0. The second-order valence-electron chi connectivity index (χ2n) is 4.60. The standard InChI is InChI=1S/C16H19ClSi/c1-2-13-18(17)16(14-9-5-3-6-10-14)15-11-7-4-8-12-15/h3-12,16,18H,2,13H2,1H3. The van der Waals surface area contributed by atoms with Gasteiger partial charge in [0.1, 0.15) is 0 Å². The van der Waals surface area contributed by atoms with Crippen LogP contribution in [0.1, 0.15) is 30.0 Å². The van der Waals surface area contributed by atoms with Gasteiger partial charge in [0.25, 0.3) is 0 Å². The molecule has 1 unspecified atom stereocenters. The molecule has 0 saturated heterocycles.